The lowest BCUT2D eigenvalue weighted by atomic mass is 9.99. The molecular formula is C9H18O2. The van der Waals surface area contributed by atoms with Crippen LogP contribution in [0.15, 0.2) is 0 Å². The molecule has 1 rings (SSSR count). The van der Waals surface area contributed by atoms with E-state index in [-0.39, 0.29) is 0 Å². The number of hydrogen-bond acceptors (Lipinski definition) is 2. The molecule has 0 aromatic carbocycles. The summed E-state index contributed by atoms with van der Waals surface area (Å²) in [5.41, 5.74) is -0.847. The predicted octanol–water partition coefficient (Wildman–Crippen LogP) is 2.33. The molecule has 1 aliphatic heterocycles. The van der Waals surface area contributed by atoms with E-state index in [2.05, 4.69) is 0 Å². The first-order valence-corrected chi connectivity index (χ1v) is 3.69. The molecule has 2 nitrogen and oxygen atoms in total. The van der Waals surface area contributed by atoms with Gasteiger partial charge in [-0.25, -0.2) is 0 Å². The second-order valence-electron chi connectivity index (χ2n) is 3.61. The minimum Gasteiger partial charge on any atom is -0.347 e. The molecule has 1 fully saturated rings. The van der Waals surface area contributed by atoms with Crippen LogP contribution in [0.25, 0.3) is 0 Å². The Bertz CT molecular complexity index is 279. The van der Waals surface area contributed by atoms with Crippen molar-refractivity contribution in [2.45, 2.75) is 58.4 Å². The molecule has 0 saturated carbocycles. The van der Waals surface area contributed by atoms with Gasteiger partial charge in [0.15, 0.2) is 5.79 Å². The molecule has 2 heteroatoms. The van der Waals surface area contributed by atoms with Crippen LogP contribution in [0.5, 0.6) is 0 Å². The van der Waals surface area contributed by atoms with Crippen molar-refractivity contribution in [3.05, 3.63) is 0 Å². The van der Waals surface area contributed by atoms with Crippen molar-refractivity contribution in [3.63, 3.8) is 0 Å². The smallest absolute Gasteiger partial charge is 0.163 e. The Labute approximate surface area is 77.3 Å². The molecule has 1 atom stereocenters. The van der Waals surface area contributed by atoms with Crippen molar-refractivity contribution in [2.24, 2.45) is 0 Å². The molecule has 1 unspecified atom stereocenters. The van der Waals surface area contributed by atoms with Gasteiger partial charge in [-0.3, -0.25) is 0 Å². The highest BCUT2D eigenvalue weighted by molar-refractivity contribution is 4.80. The molecule has 0 aliphatic carbocycles. The Morgan fingerprint density at radius 3 is 2.55 bits per heavy atom. The Kier molecular flexibility index (Phi) is 0.839. The molecule has 1 saturated heterocycles. The normalized spacial score (nSPS) is 45.5. The summed E-state index contributed by atoms with van der Waals surface area (Å²) in [7, 11) is 0. The summed E-state index contributed by atoms with van der Waals surface area (Å²) in [6.07, 6.45) is -0.0411. The first-order valence-electron chi connectivity index (χ1n) is 6.69. The fourth-order valence-corrected chi connectivity index (χ4v) is 1.47. The largest absolute Gasteiger partial charge is 0.347 e. The molecule has 0 aromatic heterocycles. The minimum atomic E-state index is -2.87. The van der Waals surface area contributed by atoms with E-state index in [0.29, 0.717) is 6.42 Å². The number of rotatable bonds is 0. The van der Waals surface area contributed by atoms with Crippen molar-refractivity contribution >= 4 is 0 Å². The molecule has 0 spiro atoms. The van der Waals surface area contributed by atoms with Gasteiger partial charge in [0.25, 0.3) is 0 Å². The van der Waals surface area contributed by atoms with Crippen LogP contribution in [0.2, 0.25) is 0 Å². The molecule has 11 heavy (non-hydrogen) atoms. The third-order valence-corrected chi connectivity index (χ3v) is 1.57. The maximum atomic E-state index is 7.42. The lowest BCUT2D eigenvalue weighted by molar-refractivity contribution is -0.321. The third-order valence-electron chi connectivity index (χ3n) is 1.57. The van der Waals surface area contributed by atoms with Gasteiger partial charge < -0.3 is 9.47 Å². The van der Waals surface area contributed by atoms with Gasteiger partial charge in [-0.1, -0.05) is 0 Å². The molecule has 1 aliphatic rings. The van der Waals surface area contributed by atoms with E-state index in [1.165, 1.54) is 0 Å². The molecule has 0 N–H and O–H groups in total. The van der Waals surface area contributed by atoms with E-state index in [0.717, 1.165) is 0 Å². The lowest BCUT2D eigenvalue weighted by Gasteiger charge is -2.44. The van der Waals surface area contributed by atoms with E-state index in [1.807, 2.05) is 0 Å². The quantitative estimate of drug-likeness (QED) is 0.547. The van der Waals surface area contributed by atoms with Crippen LogP contribution in [-0.4, -0.2) is 17.5 Å². The summed E-state index contributed by atoms with van der Waals surface area (Å²) in [4.78, 5) is 0. The standard InChI is InChI=1S/C9H18O2/c1-7-6-8(2,3)11-9(4,5)10-7/h7H,6H2,1-5H3/i4D3,5D3. The molecule has 66 valence electrons. The van der Waals surface area contributed by atoms with Gasteiger partial charge in [-0.05, 0) is 34.5 Å². The zero-order valence-electron chi connectivity index (χ0n) is 13.1. The predicted molar refractivity (Wildman–Crippen MR) is 44.4 cm³/mol. The van der Waals surface area contributed by atoms with E-state index in [1.54, 1.807) is 20.8 Å². The molecule has 0 radical (unpaired) electrons. The zero-order valence-corrected chi connectivity index (χ0v) is 7.10. The monoisotopic (exact) mass is 164 g/mol. The van der Waals surface area contributed by atoms with Crippen LogP contribution in [-0.2, 0) is 9.47 Å². The van der Waals surface area contributed by atoms with E-state index >= 15 is 0 Å². The van der Waals surface area contributed by atoms with Gasteiger partial charge in [-0.2, -0.15) is 0 Å². The van der Waals surface area contributed by atoms with Crippen LogP contribution in [0.1, 0.15) is 49.1 Å². The van der Waals surface area contributed by atoms with Crippen LogP contribution >= 0.6 is 0 Å². The molecule has 0 amide bonds. The van der Waals surface area contributed by atoms with Gasteiger partial charge in [0.2, 0.25) is 0 Å². The SMILES string of the molecule is [2H]C([2H])([2H])C1(C([2H])([2H])[2H])OC(C)CC(C)(C)O1. The van der Waals surface area contributed by atoms with Gasteiger partial charge >= 0.3 is 0 Å². The highest BCUT2D eigenvalue weighted by Gasteiger charge is 2.37. The average molecular weight is 164 g/mol. The Morgan fingerprint density at radius 1 is 1.45 bits per heavy atom. The second-order valence-corrected chi connectivity index (χ2v) is 3.61. The van der Waals surface area contributed by atoms with Gasteiger partial charge in [0, 0.05) is 14.6 Å². The third kappa shape index (κ3) is 2.46. The molecule has 0 aromatic rings. The van der Waals surface area contributed by atoms with E-state index in [9.17, 15) is 0 Å². The average Bonchev–Trinajstić information content (AvgIpc) is 1.95. The van der Waals surface area contributed by atoms with Crippen LogP contribution in [0.3, 0.4) is 0 Å². The second kappa shape index (κ2) is 2.46. The number of ether oxygens (including phenoxy) is 2. The summed E-state index contributed by atoms with van der Waals surface area (Å²) in [6.45, 7) is -0.762. The van der Waals surface area contributed by atoms with Gasteiger partial charge in [0.05, 0.1) is 11.7 Å². The van der Waals surface area contributed by atoms with Gasteiger partial charge in [0.1, 0.15) is 0 Å². The van der Waals surface area contributed by atoms with Crippen molar-refractivity contribution < 1.29 is 17.7 Å². The molecule has 0 bridgehead atoms. The fourth-order valence-electron chi connectivity index (χ4n) is 1.47. The first-order chi connectivity index (χ1) is 7.31. The Balaban J connectivity index is 3.25. The maximum Gasteiger partial charge on any atom is 0.163 e. The van der Waals surface area contributed by atoms with Crippen LogP contribution in [0, 0.1) is 0 Å². The summed E-state index contributed by atoms with van der Waals surface area (Å²) < 4.78 is 55.0. The zero-order chi connectivity index (χ0) is 13.7. The first kappa shape index (κ1) is 3.75. The van der Waals surface area contributed by atoms with Crippen LogP contribution in [0.4, 0.5) is 0 Å². The van der Waals surface area contributed by atoms with Crippen molar-refractivity contribution in [3.8, 4) is 0 Å². The Morgan fingerprint density at radius 2 is 2.09 bits per heavy atom. The van der Waals surface area contributed by atoms with E-state index in [4.69, 9.17) is 17.7 Å². The van der Waals surface area contributed by atoms with Gasteiger partial charge in [-0.15, -0.1) is 0 Å². The number of hydrogen-bond donors (Lipinski definition) is 0. The van der Waals surface area contributed by atoms with Crippen LogP contribution < -0.4 is 0 Å². The summed E-state index contributed by atoms with van der Waals surface area (Å²) in [6, 6.07) is 0. The molecule has 1 heterocycles. The summed E-state index contributed by atoms with van der Waals surface area (Å²) in [5, 5.41) is 0. The summed E-state index contributed by atoms with van der Waals surface area (Å²) >= 11 is 0. The summed E-state index contributed by atoms with van der Waals surface area (Å²) in [5.74, 6) is -2.54. The van der Waals surface area contributed by atoms with E-state index < -0.39 is 31.2 Å². The highest BCUT2D eigenvalue weighted by atomic mass is 16.7. The maximum absolute atomic E-state index is 7.42. The Hall–Kier alpha value is -0.0800. The molecular weight excluding hydrogens is 140 g/mol. The fraction of sp³-hybridized carbons (Fsp3) is 1.00. The van der Waals surface area contributed by atoms with Crippen molar-refractivity contribution in [2.75, 3.05) is 0 Å². The minimum absolute atomic E-state index is 0.445. The topological polar surface area (TPSA) is 18.5 Å². The highest BCUT2D eigenvalue weighted by Crippen LogP contribution is 2.33. The van der Waals surface area contributed by atoms with Crippen molar-refractivity contribution in [1.29, 1.82) is 0 Å². The van der Waals surface area contributed by atoms with Crippen molar-refractivity contribution in [1.82, 2.24) is 0 Å². The lowest BCUT2D eigenvalue weighted by Crippen LogP contribution is -2.48.